The van der Waals surface area contributed by atoms with Crippen LogP contribution in [0.1, 0.15) is 49.9 Å². The van der Waals surface area contributed by atoms with Crippen molar-refractivity contribution in [2.45, 2.75) is 38.5 Å². The maximum atomic E-state index is 15.1. The quantitative estimate of drug-likeness (QED) is 0.130. The third-order valence-electron chi connectivity index (χ3n) is 13.3. The third kappa shape index (κ3) is 4.78. The van der Waals surface area contributed by atoms with Crippen LogP contribution in [0.3, 0.4) is 0 Å². The van der Waals surface area contributed by atoms with Crippen molar-refractivity contribution in [1.82, 2.24) is 19.4 Å². The molecule has 0 bridgehead atoms. The van der Waals surface area contributed by atoms with Gasteiger partial charge in [-0.25, -0.2) is 15.0 Å². The lowest BCUT2D eigenvalue weighted by molar-refractivity contribution is 0.632. The van der Waals surface area contributed by atoms with E-state index in [-0.39, 0.29) is 21.7 Å². The fourth-order valence-corrected chi connectivity index (χ4v) is 10.4. The Balaban J connectivity index is 1.16. The molecule has 0 saturated carbocycles. The number of hydrogen-bond acceptors (Lipinski definition) is 7. The lowest BCUT2D eigenvalue weighted by atomic mass is 9.73. The maximum absolute atomic E-state index is 15.1. The molecule has 0 fully saturated rings. The standard InChI is InChI=1S/C53H38N6O2/c1-52(2)38-13-5-9-17-44(38)57(45-18-10-6-14-39(45)52)32-21-23-42-34(27-32)49(60)36-25-31(51-55-29-54-30-56-51)26-37-48(36)59(42)43-24-22-33(28-35(43)50(37)61)58-46-19-11-7-15-40(46)53(3,4)41-16-8-12-20-47(41)58/h5-30H,1-4H3. The zero-order valence-corrected chi connectivity index (χ0v) is 34.0. The van der Waals surface area contributed by atoms with E-state index in [1.807, 2.05) is 36.4 Å². The Morgan fingerprint density at radius 2 is 0.820 bits per heavy atom. The monoisotopic (exact) mass is 790 g/mol. The summed E-state index contributed by atoms with van der Waals surface area (Å²) in [4.78, 5) is 47.6. The van der Waals surface area contributed by atoms with E-state index in [9.17, 15) is 0 Å². The zero-order chi connectivity index (χ0) is 41.4. The largest absolute Gasteiger partial charge is 0.310 e. The van der Waals surface area contributed by atoms with Crippen LogP contribution in [-0.2, 0) is 10.8 Å². The highest BCUT2D eigenvalue weighted by Crippen LogP contribution is 2.53. The summed E-state index contributed by atoms with van der Waals surface area (Å²) < 4.78 is 2.10. The van der Waals surface area contributed by atoms with Crippen molar-refractivity contribution >= 4 is 72.2 Å². The molecule has 0 spiro atoms. The van der Waals surface area contributed by atoms with Crippen LogP contribution in [-0.4, -0.2) is 19.4 Å². The van der Waals surface area contributed by atoms with Crippen molar-refractivity contribution in [3.05, 3.63) is 201 Å². The third-order valence-corrected chi connectivity index (χ3v) is 13.3. The SMILES string of the molecule is CC1(C)c2ccccc2N(c2ccc3c(c2)c(=O)c2cc(-c4ncncn4)cc4c(=O)c5cc(N6c7ccccc7C(C)(C)c7ccccc76)ccc5n3c24)c2ccccc21. The Morgan fingerprint density at radius 1 is 0.443 bits per heavy atom. The normalized spacial score (nSPS) is 14.9. The van der Waals surface area contributed by atoms with E-state index in [1.165, 1.54) is 34.9 Å². The number of hydrogen-bond donors (Lipinski definition) is 0. The van der Waals surface area contributed by atoms with Crippen LogP contribution in [0.5, 0.6) is 0 Å². The molecule has 61 heavy (non-hydrogen) atoms. The van der Waals surface area contributed by atoms with E-state index in [0.29, 0.717) is 49.5 Å². The van der Waals surface area contributed by atoms with Gasteiger partial charge in [0.05, 0.1) is 39.3 Å². The van der Waals surface area contributed by atoms with Crippen LogP contribution >= 0.6 is 0 Å². The van der Waals surface area contributed by atoms with Crippen molar-refractivity contribution in [2.24, 2.45) is 0 Å². The molecule has 12 rings (SSSR count). The Hall–Kier alpha value is -7.71. The van der Waals surface area contributed by atoms with Crippen LogP contribution in [0.15, 0.2) is 168 Å². The van der Waals surface area contributed by atoms with E-state index < -0.39 is 0 Å². The van der Waals surface area contributed by atoms with E-state index in [2.05, 4.69) is 166 Å². The maximum Gasteiger partial charge on any atom is 0.197 e. The number of nitrogens with zero attached hydrogens (tertiary/aromatic N) is 6. The van der Waals surface area contributed by atoms with Gasteiger partial charge in [0.25, 0.3) is 0 Å². The van der Waals surface area contributed by atoms with Gasteiger partial charge in [-0.2, -0.15) is 0 Å². The molecule has 5 heterocycles. The van der Waals surface area contributed by atoms with Gasteiger partial charge >= 0.3 is 0 Å². The van der Waals surface area contributed by atoms with E-state index in [0.717, 1.165) is 34.1 Å². The number of anilines is 6. The molecule has 8 nitrogen and oxygen atoms in total. The smallest absolute Gasteiger partial charge is 0.197 e. The number of aromatic nitrogens is 4. The molecule has 0 atom stereocenters. The van der Waals surface area contributed by atoms with Gasteiger partial charge in [0.1, 0.15) is 12.7 Å². The van der Waals surface area contributed by atoms with Gasteiger partial charge < -0.3 is 14.2 Å². The first-order valence-electron chi connectivity index (χ1n) is 20.6. The van der Waals surface area contributed by atoms with Gasteiger partial charge in [-0.05, 0) is 95.1 Å². The molecule has 0 aliphatic carbocycles. The molecular weight excluding hydrogens is 753 g/mol. The Kier molecular flexibility index (Phi) is 7.17. The minimum Gasteiger partial charge on any atom is -0.310 e. The van der Waals surface area contributed by atoms with Crippen molar-refractivity contribution in [1.29, 1.82) is 0 Å². The van der Waals surface area contributed by atoms with Gasteiger partial charge in [0.15, 0.2) is 16.7 Å². The highest BCUT2D eigenvalue weighted by atomic mass is 16.1. The minimum atomic E-state index is -0.230. The summed E-state index contributed by atoms with van der Waals surface area (Å²) in [6.07, 6.45) is 2.86. The number of rotatable bonds is 3. The fourth-order valence-electron chi connectivity index (χ4n) is 10.4. The molecule has 0 radical (unpaired) electrons. The molecule has 0 unspecified atom stereocenters. The molecular formula is C53H38N6O2. The Bertz CT molecular complexity index is 3300. The summed E-state index contributed by atoms with van der Waals surface area (Å²) in [6.45, 7) is 9.06. The molecule has 0 amide bonds. The topological polar surface area (TPSA) is 83.7 Å². The van der Waals surface area contributed by atoms with E-state index >= 15 is 9.59 Å². The first-order valence-corrected chi connectivity index (χ1v) is 20.6. The highest BCUT2D eigenvalue weighted by molar-refractivity contribution is 6.10. The number of benzene rings is 7. The molecule has 2 aliphatic heterocycles. The number of fused-ring (bicyclic) bond motifs is 8. The Labute approximate surface area is 351 Å². The van der Waals surface area contributed by atoms with Gasteiger partial charge in [-0.1, -0.05) is 100 Å². The lowest BCUT2D eigenvalue weighted by Gasteiger charge is -2.42. The molecule has 10 aromatic rings. The molecule has 0 saturated heterocycles. The molecule has 8 heteroatoms. The summed E-state index contributed by atoms with van der Waals surface area (Å²) >= 11 is 0. The average molecular weight is 791 g/mol. The second-order valence-corrected chi connectivity index (χ2v) is 17.3. The average Bonchev–Trinajstić information content (AvgIpc) is 3.29. The van der Waals surface area contributed by atoms with E-state index in [4.69, 9.17) is 0 Å². The van der Waals surface area contributed by atoms with Gasteiger partial charge in [-0.15, -0.1) is 0 Å². The number of pyridine rings is 2. The van der Waals surface area contributed by atoms with Crippen LogP contribution in [0.25, 0.3) is 49.5 Å². The van der Waals surface area contributed by atoms with Crippen molar-refractivity contribution < 1.29 is 0 Å². The first-order chi connectivity index (χ1) is 29.6. The highest BCUT2D eigenvalue weighted by Gasteiger charge is 2.38. The van der Waals surface area contributed by atoms with Crippen LogP contribution in [0.2, 0.25) is 0 Å². The van der Waals surface area contributed by atoms with Gasteiger partial charge in [-0.3, -0.25) is 9.59 Å². The zero-order valence-electron chi connectivity index (χ0n) is 34.0. The number of para-hydroxylation sites is 4. The second kappa shape index (κ2) is 12.4. The molecule has 292 valence electrons. The summed E-state index contributed by atoms with van der Waals surface area (Å²) in [5.74, 6) is 0.383. The molecule has 7 aromatic carbocycles. The van der Waals surface area contributed by atoms with E-state index in [1.54, 1.807) is 0 Å². The molecule has 3 aromatic heterocycles. The molecule has 2 aliphatic rings. The summed E-state index contributed by atoms with van der Waals surface area (Å²) in [5, 5.41) is 1.91. The second-order valence-electron chi connectivity index (χ2n) is 17.3. The van der Waals surface area contributed by atoms with Gasteiger partial charge in [0, 0.05) is 49.3 Å². The first kappa shape index (κ1) is 35.3. The summed E-state index contributed by atoms with van der Waals surface area (Å²) in [5.41, 5.74) is 12.6. The van der Waals surface area contributed by atoms with Crippen LogP contribution < -0.4 is 20.7 Å². The van der Waals surface area contributed by atoms with Crippen molar-refractivity contribution in [3.8, 4) is 11.4 Å². The summed E-state index contributed by atoms with van der Waals surface area (Å²) in [7, 11) is 0. The molecule has 0 N–H and O–H groups in total. The Morgan fingerprint density at radius 3 is 1.21 bits per heavy atom. The minimum absolute atomic E-state index is 0.170. The van der Waals surface area contributed by atoms with Crippen LogP contribution in [0, 0.1) is 0 Å². The lowest BCUT2D eigenvalue weighted by Crippen LogP contribution is -2.30. The fraction of sp³-hybridized carbons (Fsp3) is 0.113. The van der Waals surface area contributed by atoms with Crippen LogP contribution in [0.4, 0.5) is 34.1 Å². The van der Waals surface area contributed by atoms with Gasteiger partial charge in [0.2, 0.25) is 0 Å². The predicted octanol–water partition coefficient (Wildman–Crippen LogP) is 11.6. The summed E-state index contributed by atoms with van der Waals surface area (Å²) in [6, 6.07) is 49.9. The predicted molar refractivity (Wildman–Crippen MR) is 246 cm³/mol. The van der Waals surface area contributed by atoms with Crippen molar-refractivity contribution in [3.63, 3.8) is 0 Å². The van der Waals surface area contributed by atoms with Crippen molar-refractivity contribution in [2.75, 3.05) is 9.80 Å².